The number of amides is 1. The lowest BCUT2D eigenvalue weighted by Gasteiger charge is -2.40. The van der Waals surface area contributed by atoms with Crippen LogP contribution in [0.1, 0.15) is 32.1 Å². The van der Waals surface area contributed by atoms with E-state index in [0.29, 0.717) is 30.6 Å². The number of piperazine rings is 1. The molecule has 0 atom stereocenters. The second kappa shape index (κ2) is 7.17. The van der Waals surface area contributed by atoms with Crippen LogP contribution in [0.2, 0.25) is 0 Å². The molecule has 1 aromatic rings. The van der Waals surface area contributed by atoms with Crippen molar-refractivity contribution in [3.8, 4) is 5.75 Å². The molecule has 0 aromatic heterocycles. The van der Waals surface area contributed by atoms with Crippen LogP contribution in [0.15, 0.2) is 23.1 Å². The number of hydrogen-bond donors (Lipinski definition) is 1. The molecule has 0 unspecified atom stereocenters. The Hall–Kier alpha value is -1.64. The summed E-state index contributed by atoms with van der Waals surface area (Å²) in [5, 5.41) is 2.68. The number of anilines is 1. The van der Waals surface area contributed by atoms with Gasteiger partial charge in [0, 0.05) is 38.3 Å². The number of benzene rings is 1. The molecule has 1 aromatic carbocycles. The molecule has 3 aliphatic rings. The van der Waals surface area contributed by atoms with Crippen LogP contribution in [-0.2, 0) is 14.8 Å². The van der Waals surface area contributed by atoms with E-state index in [0.717, 1.165) is 13.1 Å². The molecule has 7 nitrogen and oxygen atoms in total. The zero-order valence-electron chi connectivity index (χ0n) is 14.8. The Morgan fingerprint density at radius 3 is 2.50 bits per heavy atom. The molecule has 1 saturated carbocycles. The van der Waals surface area contributed by atoms with Crippen molar-refractivity contribution in [3.63, 3.8) is 0 Å². The van der Waals surface area contributed by atoms with E-state index in [1.165, 1.54) is 44.2 Å². The fourth-order valence-electron chi connectivity index (χ4n) is 4.12. The Morgan fingerprint density at radius 2 is 1.77 bits per heavy atom. The van der Waals surface area contributed by atoms with Gasteiger partial charge in [-0.25, -0.2) is 8.42 Å². The average Bonchev–Trinajstić information content (AvgIpc) is 2.68. The van der Waals surface area contributed by atoms with Crippen molar-refractivity contribution in [3.05, 3.63) is 18.2 Å². The van der Waals surface area contributed by atoms with Crippen molar-refractivity contribution in [2.75, 3.05) is 38.1 Å². The van der Waals surface area contributed by atoms with Crippen molar-refractivity contribution in [1.29, 1.82) is 0 Å². The SMILES string of the molecule is O=C1COc2cc(S(=O)(=O)N3CCN(C4CCCCC4)CC3)ccc2N1. The van der Waals surface area contributed by atoms with Gasteiger partial charge in [0.1, 0.15) is 5.75 Å². The molecule has 1 amide bonds. The minimum Gasteiger partial charge on any atom is -0.482 e. The first-order chi connectivity index (χ1) is 12.5. The quantitative estimate of drug-likeness (QED) is 0.864. The summed E-state index contributed by atoms with van der Waals surface area (Å²) in [6.07, 6.45) is 6.37. The third kappa shape index (κ3) is 3.45. The van der Waals surface area contributed by atoms with Gasteiger partial charge in [0.15, 0.2) is 6.61 Å². The molecule has 2 aliphatic heterocycles. The van der Waals surface area contributed by atoms with Crippen molar-refractivity contribution < 1.29 is 17.9 Å². The molecule has 26 heavy (non-hydrogen) atoms. The van der Waals surface area contributed by atoms with Gasteiger partial charge >= 0.3 is 0 Å². The normalized spacial score (nSPS) is 23.2. The molecule has 142 valence electrons. The molecule has 1 N–H and O–H groups in total. The Balaban J connectivity index is 1.45. The standard InChI is InChI=1S/C18H25N3O4S/c22-18-13-25-17-12-15(6-7-16(17)19-18)26(23,24)21-10-8-20(9-11-21)14-4-2-1-3-5-14/h6-7,12,14H,1-5,8-11,13H2,(H,19,22). The van der Waals surface area contributed by atoms with Gasteiger partial charge in [-0.15, -0.1) is 0 Å². The molecule has 1 aliphatic carbocycles. The Bertz CT molecular complexity index is 782. The van der Waals surface area contributed by atoms with Gasteiger partial charge in [-0.2, -0.15) is 4.31 Å². The lowest BCUT2D eigenvalue weighted by molar-refractivity contribution is -0.118. The molecule has 1 saturated heterocycles. The molecule has 0 spiro atoms. The lowest BCUT2D eigenvalue weighted by Crippen LogP contribution is -2.52. The van der Waals surface area contributed by atoms with E-state index in [9.17, 15) is 13.2 Å². The number of nitrogens with one attached hydrogen (secondary N) is 1. The van der Waals surface area contributed by atoms with Crippen LogP contribution >= 0.6 is 0 Å². The number of carbonyl (C=O) groups is 1. The van der Waals surface area contributed by atoms with Gasteiger partial charge in [-0.05, 0) is 25.0 Å². The topological polar surface area (TPSA) is 79.0 Å². The van der Waals surface area contributed by atoms with Crippen LogP contribution in [0.5, 0.6) is 5.75 Å². The zero-order valence-corrected chi connectivity index (χ0v) is 15.6. The number of carbonyl (C=O) groups excluding carboxylic acids is 1. The van der Waals surface area contributed by atoms with Crippen LogP contribution in [0.4, 0.5) is 5.69 Å². The fraction of sp³-hybridized carbons (Fsp3) is 0.611. The highest BCUT2D eigenvalue weighted by atomic mass is 32.2. The van der Waals surface area contributed by atoms with Gasteiger partial charge < -0.3 is 10.1 Å². The zero-order chi connectivity index (χ0) is 18.1. The van der Waals surface area contributed by atoms with Crippen molar-refractivity contribution in [2.24, 2.45) is 0 Å². The molecular weight excluding hydrogens is 354 g/mol. The maximum absolute atomic E-state index is 13.0. The van der Waals surface area contributed by atoms with Crippen LogP contribution < -0.4 is 10.1 Å². The smallest absolute Gasteiger partial charge is 0.262 e. The molecule has 0 radical (unpaired) electrons. The van der Waals surface area contributed by atoms with Crippen LogP contribution in [0.3, 0.4) is 0 Å². The van der Waals surface area contributed by atoms with Gasteiger partial charge in [-0.3, -0.25) is 9.69 Å². The second-order valence-electron chi connectivity index (χ2n) is 7.23. The minimum absolute atomic E-state index is 0.0867. The van der Waals surface area contributed by atoms with Crippen molar-refractivity contribution in [2.45, 2.75) is 43.0 Å². The van der Waals surface area contributed by atoms with E-state index < -0.39 is 10.0 Å². The summed E-state index contributed by atoms with van der Waals surface area (Å²) in [5.41, 5.74) is 0.516. The second-order valence-corrected chi connectivity index (χ2v) is 9.16. The number of ether oxygens (including phenoxy) is 1. The lowest BCUT2D eigenvalue weighted by atomic mass is 9.94. The highest BCUT2D eigenvalue weighted by molar-refractivity contribution is 7.89. The van der Waals surface area contributed by atoms with Crippen molar-refractivity contribution >= 4 is 21.6 Å². The van der Waals surface area contributed by atoms with E-state index in [4.69, 9.17) is 4.74 Å². The monoisotopic (exact) mass is 379 g/mol. The third-order valence-corrected chi connectivity index (χ3v) is 7.48. The molecule has 2 heterocycles. The first kappa shape index (κ1) is 17.8. The number of hydrogen-bond acceptors (Lipinski definition) is 5. The molecule has 4 rings (SSSR count). The first-order valence-electron chi connectivity index (χ1n) is 9.35. The summed E-state index contributed by atoms with van der Waals surface area (Å²) in [6, 6.07) is 5.26. The molecule has 0 bridgehead atoms. The Labute approximate surface area is 154 Å². The maximum atomic E-state index is 13.0. The van der Waals surface area contributed by atoms with Crippen LogP contribution in [0, 0.1) is 0 Å². The van der Waals surface area contributed by atoms with E-state index in [-0.39, 0.29) is 17.4 Å². The molecular formula is C18H25N3O4S. The summed E-state index contributed by atoms with van der Waals surface area (Å²) in [5.74, 6) is 0.179. The van der Waals surface area contributed by atoms with Gasteiger partial charge in [0.05, 0.1) is 10.6 Å². The average molecular weight is 379 g/mol. The number of fused-ring (bicyclic) bond motifs is 1. The van der Waals surface area contributed by atoms with Gasteiger partial charge in [0.2, 0.25) is 10.0 Å². The Kier molecular flexibility index (Phi) is 4.90. The molecule has 8 heteroatoms. The van der Waals surface area contributed by atoms with Crippen molar-refractivity contribution in [1.82, 2.24) is 9.21 Å². The Morgan fingerprint density at radius 1 is 1.04 bits per heavy atom. The van der Waals surface area contributed by atoms with Crippen LogP contribution in [-0.4, -0.2) is 62.4 Å². The summed E-state index contributed by atoms with van der Waals surface area (Å²) in [7, 11) is -3.55. The predicted octanol–water partition coefficient (Wildman–Crippen LogP) is 1.66. The number of sulfonamides is 1. The fourth-order valence-corrected chi connectivity index (χ4v) is 5.56. The van der Waals surface area contributed by atoms with E-state index in [1.54, 1.807) is 10.4 Å². The summed E-state index contributed by atoms with van der Waals surface area (Å²) >= 11 is 0. The molecule has 2 fully saturated rings. The first-order valence-corrected chi connectivity index (χ1v) is 10.8. The van der Waals surface area contributed by atoms with Gasteiger partial charge in [0.25, 0.3) is 5.91 Å². The van der Waals surface area contributed by atoms with Crippen LogP contribution in [0.25, 0.3) is 0 Å². The summed E-state index contributed by atoms with van der Waals surface area (Å²) in [4.78, 5) is 14.0. The highest BCUT2D eigenvalue weighted by Gasteiger charge is 2.32. The number of nitrogens with zero attached hydrogens (tertiary/aromatic N) is 2. The predicted molar refractivity (Wildman–Crippen MR) is 97.8 cm³/mol. The summed E-state index contributed by atoms with van der Waals surface area (Å²) < 4.78 is 32.9. The van der Waals surface area contributed by atoms with E-state index in [2.05, 4.69) is 10.2 Å². The third-order valence-electron chi connectivity index (χ3n) is 5.59. The number of rotatable bonds is 3. The van der Waals surface area contributed by atoms with E-state index >= 15 is 0 Å². The largest absolute Gasteiger partial charge is 0.482 e. The summed E-state index contributed by atoms with van der Waals surface area (Å²) in [6.45, 7) is 2.54. The highest BCUT2D eigenvalue weighted by Crippen LogP contribution is 2.32. The maximum Gasteiger partial charge on any atom is 0.262 e. The van der Waals surface area contributed by atoms with Gasteiger partial charge in [-0.1, -0.05) is 19.3 Å². The van der Waals surface area contributed by atoms with E-state index in [1.807, 2.05) is 0 Å². The minimum atomic E-state index is -3.55.